The Kier molecular flexibility index (Phi) is 3.57. The van der Waals surface area contributed by atoms with Crippen LogP contribution < -0.4 is 10.1 Å². The van der Waals surface area contributed by atoms with Crippen LogP contribution in [0.5, 0.6) is 5.75 Å². The van der Waals surface area contributed by atoms with E-state index >= 15 is 0 Å². The monoisotopic (exact) mass is 247 g/mol. The van der Waals surface area contributed by atoms with Gasteiger partial charge >= 0.3 is 6.03 Å². The number of amides is 3. The molecule has 18 heavy (non-hydrogen) atoms. The Hall–Kier alpha value is -2.37. The van der Waals surface area contributed by atoms with E-state index in [0.717, 1.165) is 16.3 Å². The zero-order valence-corrected chi connectivity index (χ0v) is 9.92. The predicted molar refractivity (Wildman–Crippen MR) is 65.4 cm³/mol. The van der Waals surface area contributed by atoms with Gasteiger partial charge in [0.15, 0.2) is 0 Å². The number of benzene rings is 1. The summed E-state index contributed by atoms with van der Waals surface area (Å²) < 4.78 is 5.31. The van der Waals surface area contributed by atoms with Gasteiger partial charge < -0.3 is 4.74 Å². The smallest absolute Gasteiger partial charge is 0.344 e. The van der Waals surface area contributed by atoms with Crippen LogP contribution in [0, 0.1) is 0 Å². The second-order valence-electron chi connectivity index (χ2n) is 3.66. The Morgan fingerprint density at radius 1 is 1.39 bits per heavy atom. The van der Waals surface area contributed by atoms with Crippen LogP contribution in [-0.4, -0.2) is 36.3 Å². The zero-order chi connectivity index (χ0) is 13.0. The van der Waals surface area contributed by atoms with Crippen molar-refractivity contribution in [3.05, 3.63) is 29.8 Å². The Balaban J connectivity index is 2.00. The number of urea groups is 1. The van der Waals surface area contributed by atoms with Crippen molar-refractivity contribution in [2.75, 3.05) is 13.2 Å². The molecule has 6 nitrogen and oxygen atoms in total. The van der Waals surface area contributed by atoms with Gasteiger partial charge in [-0.15, -0.1) is 0 Å². The van der Waals surface area contributed by atoms with Crippen molar-refractivity contribution >= 4 is 18.2 Å². The number of hydrogen-bond acceptors (Lipinski definition) is 4. The number of carbonyl (C=O) groups excluding carboxylic acids is 2. The van der Waals surface area contributed by atoms with Gasteiger partial charge in [0.25, 0.3) is 0 Å². The molecule has 1 saturated heterocycles. The van der Waals surface area contributed by atoms with Crippen LogP contribution >= 0.6 is 0 Å². The van der Waals surface area contributed by atoms with E-state index < -0.39 is 6.03 Å². The van der Waals surface area contributed by atoms with Gasteiger partial charge in [0.05, 0.1) is 12.8 Å². The minimum atomic E-state index is -0.498. The molecule has 0 saturated carbocycles. The quantitative estimate of drug-likeness (QED) is 0.636. The van der Waals surface area contributed by atoms with Crippen molar-refractivity contribution in [2.45, 2.75) is 6.92 Å². The van der Waals surface area contributed by atoms with E-state index in [1.165, 1.54) is 6.21 Å². The average Bonchev–Trinajstić information content (AvgIpc) is 2.67. The molecule has 0 aliphatic carbocycles. The second-order valence-corrected chi connectivity index (χ2v) is 3.66. The summed E-state index contributed by atoms with van der Waals surface area (Å²) in [5.41, 5.74) is 0.825. The fourth-order valence-corrected chi connectivity index (χ4v) is 1.48. The van der Waals surface area contributed by atoms with E-state index in [1.807, 2.05) is 31.2 Å². The first-order valence-corrected chi connectivity index (χ1v) is 5.57. The highest BCUT2D eigenvalue weighted by molar-refractivity contribution is 6.02. The summed E-state index contributed by atoms with van der Waals surface area (Å²) in [5.74, 6) is 0.438. The maximum Gasteiger partial charge on any atom is 0.344 e. The van der Waals surface area contributed by atoms with Crippen LogP contribution in [0.2, 0.25) is 0 Å². The van der Waals surface area contributed by atoms with E-state index in [9.17, 15) is 9.59 Å². The Morgan fingerprint density at radius 3 is 2.67 bits per heavy atom. The van der Waals surface area contributed by atoms with Crippen molar-refractivity contribution < 1.29 is 14.3 Å². The number of rotatable bonds is 4. The van der Waals surface area contributed by atoms with Gasteiger partial charge in [-0.2, -0.15) is 5.10 Å². The summed E-state index contributed by atoms with van der Waals surface area (Å²) >= 11 is 0. The third-order valence-electron chi connectivity index (χ3n) is 2.31. The van der Waals surface area contributed by atoms with Gasteiger partial charge in [0, 0.05) is 0 Å². The molecule has 1 aromatic carbocycles. The van der Waals surface area contributed by atoms with Crippen molar-refractivity contribution in [3.63, 3.8) is 0 Å². The van der Waals surface area contributed by atoms with Gasteiger partial charge in [-0.3, -0.25) is 10.1 Å². The number of nitrogens with one attached hydrogen (secondary N) is 1. The number of hydrazone groups is 1. The van der Waals surface area contributed by atoms with Crippen molar-refractivity contribution in [1.82, 2.24) is 10.3 Å². The normalized spacial score (nSPS) is 15.3. The molecule has 0 unspecified atom stereocenters. The second kappa shape index (κ2) is 5.31. The fraction of sp³-hybridized carbons (Fsp3) is 0.250. The van der Waals surface area contributed by atoms with Crippen LogP contribution in [0.15, 0.2) is 29.4 Å². The maximum atomic E-state index is 11.2. The summed E-state index contributed by atoms with van der Waals surface area (Å²) in [4.78, 5) is 22.1. The van der Waals surface area contributed by atoms with E-state index in [0.29, 0.717) is 6.61 Å². The molecule has 1 fully saturated rings. The first-order valence-electron chi connectivity index (χ1n) is 5.57. The first-order chi connectivity index (χ1) is 8.69. The van der Waals surface area contributed by atoms with Crippen LogP contribution in [0.25, 0.3) is 0 Å². The Labute approximate surface area is 104 Å². The zero-order valence-electron chi connectivity index (χ0n) is 9.92. The lowest BCUT2D eigenvalue weighted by Gasteiger charge is -2.05. The van der Waals surface area contributed by atoms with E-state index in [-0.39, 0.29) is 12.5 Å². The standard InChI is InChI=1S/C12H13N3O3/c1-2-18-10-5-3-9(4-6-10)7-13-15-8-11(16)14-12(15)17/h3-7H,2,8H2,1H3,(H,14,16,17)/b13-7-. The molecule has 2 rings (SSSR count). The Morgan fingerprint density at radius 2 is 2.11 bits per heavy atom. The summed E-state index contributed by atoms with van der Waals surface area (Å²) in [7, 11) is 0. The highest BCUT2D eigenvalue weighted by atomic mass is 16.5. The molecule has 0 spiro atoms. The average molecular weight is 247 g/mol. The lowest BCUT2D eigenvalue weighted by molar-refractivity contribution is -0.118. The molecule has 0 bridgehead atoms. The lowest BCUT2D eigenvalue weighted by atomic mass is 10.2. The molecular formula is C12H13N3O3. The summed E-state index contributed by atoms with van der Waals surface area (Å²) in [5, 5.41) is 7.16. The Bertz CT molecular complexity index is 482. The van der Waals surface area contributed by atoms with Gasteiger partial charge in [0.1, 0.15) is 12.3 Å². The number of ether oxygens (including phenoxy) is 1. The highest BCUT2D eigenvalue weighted by Crippen LogP contribution is 2.11. The topological polar surface area (TPSA) is 71.0 Å². The van der Waals surface area contributed by atoms with Crippen LogP contribution in [0.3, 0.4) is 0 Å². The number of nitrogens with zero attached hydrogens (tertiary/aromatic N) is 2. The minimum absolute atomic E-state index is 0.0354. The van der Waals surface area contributed by atoms with Gasteiger partial charge in [-0.25, -0.2) is 9.80 Å². The third-order valence-corrected chi connectivity index (χ3v) is 2.31. The number of imide groups is 1. The summed E-state index contributed by atoms with van der Waals surface area (Å²) in [6.07, 6.45) is 1.52. The summed E-state index contributed by atoms with van der Waals surface area (Å²) in [6, 6.07) is 6.79. The van der Waals surface area contributed by atoms with E-state index in [1.54, 1.807) is 0 Å². The molecule has 1 heterocycles. The molecule has 0 atom stereocenters. The molecule has 3 amide bonds. The molecular weight excluding hydrogens is 234 g/mol. The van der Waals surface area contributed by atoms with E-state index in [4.69, 9.17) is 4.74 Å². The SMILES string of the molecule is CCOc1ccc(/C=N\N2CC(=O)NC2=O)cc1. The van der Waals surface area contributed by atoms with Crippen molar-refractivity contribution in [3.8, 4) is 5.75 Å². The predicted octanol–water partition coefficient (Wildman–Crippen LogP) is 0.971. The molecule has 1 N–H and O–H groups in total. The van der Waals surface area contributed by atoms with E-state index in [2.05, 4.69) is 10.4 Å². The maximum absolute atomic E-state index is 11.2. The lowest BCUT2D eigenvalue weighted by Crippen LogP contribution is -2.24. The fourth-order valence-electron chi connectivity index (χ4n) is 1.48. The van der Waals surface area contributed by atoms with Crippen LogP contribution in [-0.2, 0) is 4.79 Å². The molecule has 1 aromatic rings. The van der Waals surface area contributed by atoms with Crippen molar-refractivity contribution in [1.29, 1.82) is 0 Å². The molecule has 6 heteroatoms. The van der Waals surface area contributed by atoms with Gasteiger partial charge in [0.2, 0.25) is 5.91 Å². The van der Waals surface area contributed by atoms with Gasteiger partial charge in [-0.1, -0.05) is 0 Å². The third kappa shape index (κ3) is 2.85. The molecule has 0 radical (unpaired) electrons. The highest BCUT2D eigenvalue weighted by Gasteiger charge is 2.25. The number of hydrogen-bond donors (Lipinski definition) is 1. The van der Waals surface area contributed by atoms with Crippen molar-refractivity contribution in [2.24, 2.45) is 5.10 Å². The number of carbonyl (C=O) groups is 2. The van der Waals surface area contributed by atoms with Gasteiger partial charge in [-0.05, 0) is 36.8 Å². The first kappa shape index (κ1) is 12.1. The van der Waals surface area contributed by atoms with Crippen LogP contribution in [0.1, 0.15) is 12.5 Å². The molecule has 1 aliphatic rings. The molecule has 0 aromatic heterocycles. The largest absolute Gasteiger partial charge is 0.494 e. The molecule has 1 aliphatic heterocycles. The summed E-state index contributed by atoms with van der Waals surface area (Å²) in [6.45, 7) is 2.49. The molecule has 94 valence electrons. The van der Waals surface area contributed by atoms with Crippen LogP contribution in [0.4, 0.5) is 4.79 Å². The minimum Gasteiger partial charge on any atom is -0.494 e.